The van der Waals surface area contributed by atoms with E-state index in [1.54, 1.807) is 13.3 Å². The van der Waals surface area contributed by atoms with E-state index in [0.717, 1.165) is 55.7 Å². The summed E-state index contributed by atoms with van der Waals surface area (Å²) >= 11 is 0. The van der Waals surface area contributed by atoms with Gasteiger partial charge in [-0.25, -0.2) is 0 Å². The third-order valence-corrected chi connectivity index (χ3v) is 5.18. The van der Waals surface area contributed by atoms with Crippen LogP contribution in [0.15, 0.2) is 60.8 Å². The van der Waals surface area contributed by atoms with Gasteiger partial charge in [0.25, 0.3) is 0 Å². The summed E-state index contributed by atoms with van der Waals surface area (Å²) in [6.45, 7) is 6.35. The molecule has 7 heteroatoms. The van der Waals surface area contributed by atoms with Crippen molar-refractivity contribution in [2.45, 2.75) is 6.92 Å². The summed E-state index contributed by atoms with van der Waals surface area (Å²) in [5.41, 5.74) is 2.23. The molecule has 1 fully saturated rings. The summed E-state index contributed by atoms with van der Waals surface area (Å²) in [7, 11) is 1.71. The number of piperazine rings is 1. The molecule has 29 heavy (non-hydrogen) atoms. The molecular formula is C22H26N6O. The summed E-state index contributed by atoms with van der Waals surface area (Å²) in [6.07, 6.45) is 1.73. The molecule has 150 valence electrons. The highest BCUT2D eigenvalue weighted by Gasteiger charge is 2.22. The van der Waals surface area contributed by atoms with Crippen molar-refractivity contribution in [2.24, 2.45) is 0 Å². The molecule has 2 heterocycles. The highest BCUT2D eigenvalue weighted by Crippen LogP contribution is 2.29. The third kappa shape index (κ3) is 4.08. The lowest BCUT2D eigenvalue weighted by Gasteiger charge is -2.36. The van der Waals surface area contributed by atoms with Gasteiger partial charge in [0, 0.05) is 38.4 Å². The number of aromatic nitrogens is 3. The molecule has 0 unspecified atom stereocenters. The fourth-order valence-electron chi connectivity index (χ4n) is 3.67. The largest absolute Gasteiger partial charge is 0.495 e. The number of rotatable bonds is 6. The molecule has 1 aliphatic rings. The fourth-order valence-corrected chi connectivity index (χ4v) is 3.67. The summed E-state index contributed by atoms with van der Waals surface area (Å²) in [5.74, 6) is 2.40. The van der Waals surface area contributed by atoms with Crippen LogP contribution in [-0.4, -0.2) is 55.0 Å². The third-order valence-electron chi connectivity index (χ3n) is 5.18. The van der Waals surface area contributed by atoms with Crippen molar-refractivity contribution >= 4 is 23.1 Å². The van der Waals surface area contributed by atoms with Gasteiger partial charge in [-0.2, -0.15) is 10.1 Å². The van der Waals surface area contributed by atoms with Crippen molar-refractivity contribution in [1.82, 2.24) is 15.2 Å². The molecule has 1 aromatic heterocycles. The Kier molecular flexibility index (Phi) is 5.74. The standard InChI is InChI=1S/C22H26N6O/c1-3-28(18-9-5-4-6-10-18)21-17-23-25-22(24-21)27-15-13-26(14-16-27)19-11-7-8-12-20(19)29-2/h4-12,17H,3,13-16H2,1-2H3. The first kappa shape index (κ1) is 19.0. The zero-order valence-corrected chi connectivity index (χ0v) is 16.9. The smallest absolute Gasteiger partial charge is 0.247 e. The van der Waals surface area contributed by atoms with Crippen LogP contribution in [0, 0.1) is 0 Å². The first-order valence-electron chi connectivity index (χ1n) is 9.95. The zero-order chi connectivity index (χ0) is 20.1. The van der Waals surface area contributed by atoms with Gasteiger partial charge in [0.1, 0.15) is 5.75 Å². The molecule has 1 saturated heterocycles. The second-order valence-corrected chi connectivity index (χ2v) is 6.84. The van der Waals surface area contributed by atoms with Gasteiger partial charge in [-0.3, -0.25) is 0 Å². The predicted octanol–water partition coefficient (Wildman–Crippen LogP) is 3.36. The maximum atomic E-state index is 5.51. The quantitative estimate of drug-likeness (QED) is 0.640. The van der Waals surface area contributed by atoms with Crippen LogP contribution in [0.2, 0.25) is 0 Å². The molecule has 7 nitrogen and oxygen atoms in total. The molecule has 0 N–H and O–H groups in total. The molecule has 0 amide bonds. The van der Waals surface area contributed by atoms with Gasteiger partial charge in [0.05, 0.1) is 19.0 Å². The predicted molar refractivity (Wildman–Crippen MR) is 116 cm³/mol. The van der Waals surface area contributed by atoms with Crippen LogP contribution in [0.1, 0.15) is 6.92 Å². The van der Waals surface area contributed by atoms with E-state index in [1.807, 2.05) is 36.4 Å². The van der Waals surface area contributed by atoms with Gasteiger partial charge in [0.15, 0.2) is 5.82 Å². The fraction of sp³-hybridized carbons (Fsp3) is 0.318. The summed E-state index contributed by atoms with van der Waals surface area (Å²) < 4.78 is 5.51. The van der Waals surface area contributed by atoms with Crippen LogP contribution in [0.3, 0.4) is 0 Å². The summed E-state index contributed by atoms with van der Waals surface area (Å²) in [6, 6.07) is 18.4. The normalized spacial score (nSPS) is 14.0. The van der Waals surface area contributed by atoms with E-state index in [-0.39, 0.29) is 0 Å². The molecule has 0 bridgehead atoms. The Labute approximate surface area is 171 Å². The number of nitrogens with zero attached hydrogens (tertiary/aromatic N) is 6. The Bertz CT molecular complexity index is 927. The highest BCUT2D eigenvalue weighted by atomic mass is 16.5. The highest BCUT2D eigenvalue weighted by molar-refractivity contribution is 5.61. The van der Waals surface area contributed by atoms with Crippen molar-refractivity contribution in [3.8, 4) is 5.75 Å². The van der Waals surface area contributed by atoms with Crippen molar-refractivity contribution in [2.75, 3.05) is 54.5 Å². The second kappa shape index (κ2) is 8.77. The molecule has 0 atom stereocenters. The molecule has 0 radical (unpaired) electrons. The monoisotopic (exact) mass is 390 g/mol. The van der Waals surface area contributed by atoms with Crippen LogP contribution in [0.25, 0.3) is 0 Å². The zero-order valence-electron chi connectivity index (χ0n) is 16.9. The Morgan fingerprint density at radius 1 is 0.931 bits per heavy atom. The molecule has 0 spiro atoms. The first-order valence-corrected chi connectivity index (χ1v) is 9.95. The molecule has 0 saturated carbocycles. The number of anilines is 4. The van der Waals surface area contributed by atoms with Crippen molar-refractivity contribution in [1.29, 1.82) is 0 Å². The summed E-state index contributed by atoms with van der Waals surface area (Å²) in [5, 5.41) is 8.53. The van der Waals surface area contributed by atoms with Crippen LogP contribution >= 0.6 is 0 Å². The minimum atomic E-state index is 0.677. The number of methoxy groups -OCH3 is 1. The SMILES string of the molecule is CCN(c1ccccc1)c1cnnc(N2CCN(c3ccccc3OC)CC2)n1. The lowest BCUT2D eigenvalue weighted by Crippen LogP contribution is -2.47. The maximum Gasteiger partial charge on any atom is 0.247 e. The molecule has 1 aliphatic heterocycles. The Balaban J connectivity index is 1.49. The topological polar surface area (TPSA) is 57.6 Å². The average molecular weight is 390 g/mol. The van der Waals surface area contributed by atoms with E-state index in [1.165, 1.54) is 0 Å². The average Bonchev–Trinajstić information content (AvgIpc) is 2.80. The van der Waals surface area contributed by atoms with E-state index in [4.69, 9.17) is 9.72 Å². The van der Waals surface area contributed by atoms with E-state index >= 15 is 0 Å². The minimum Gasteiger partial charge on any atom is -0.495 e. The summed E-state index contributed by atoms with van der Waals surface area (Å²) in [4.78, 5) is 11.5. The van der Waals surface area contributed by atoms with Crippen molar-refractivity contribution in [3.05, 3.63) is 60.8 Å². The molecule has 4 rings (SSSR count). The van der Waals surface area contributed by atoms with Gasteiger partial charge < -0.3 is 19.4 Å². The maximum absolute atomic E-state index is 5.51. The molecule has 3 aromatic rings. The van der Waals surface area contributed by atoms with E-state index in [2.05, 4.69) is 50.0 Å². The Morgan fingerprint density at radius 3 is 2.34 bits per heavy atom. The number of hydrogen-bond donors (Lipinski definition) is 0. The van der Waals surface area contributed by atoms with E-state index in [9.17, 15) is 0 Å². The van der Waals surface area contributed by atoms with E-state index < -0.39 is 0 Å². The van der Waals surface area contributed by atoms with Crippen LogP contribution in [-0.2, 0) is 0 Å². The first-order chi connectivity index (χ1) is 14.3. The van der Waals surface area contributed by atoms with Crippen LogP contribution < -0.4 is 19.4 Å². The second-order valence-electron chi connectivity index (χ2n) is 6.84. The number of hydrogen-bond acceptors (Lipinski definition) is 7. The van der Waals surface area contributed by atoms with Crippen LogP contribution in [0.4, 0.5) is 23.1 Å². The van der Waals surface area contributed by atoms with Crippen molar-refractivity contribution in [3.63, 3.8) is 0 Å². The minimum absolute atomic E-state index is 0.677. The Hall–Kier alpha value is -3.35. The van der Waals surface area contributed by atoms with Gasteiger partial charge >= 0.3 is 0 Å². The molecule has 2 aromatic carbocycles. The number of benzene rings is 2. The van der Waals surface area contributed by atoms with Gasteiger partial charge in [0.2, 0.25) is 5.95 Å². The lowest BCUT2D eigenvalue weighted by atomic mass is 10.2. The lowest BCUT2D eigenvalue weighted by molar-refractivity contribution is 0.413. The Morgan fingerprint density at radius 2 is 1.62 bits per heavy atom. The van der Waals surface area contributed by atoms with Gasteiger partial charge in [-0.1, -0.05) is 30.3 Å². The van der Waals surface area contributed by atoms with Crippen molar-refractivity contribution < 1.29 is 4.74 Å². The number of para-hydroxylation sites is 3. The van der Waals surface area contributed by atoms with Crippen LogP contribution in [0.5, 0.6) is 5.75 Å². The van der Waals surface area contributed by atoms with Gasteiger partial charge in [-0.05, 0) is 31.2 Å². The molecular weight excluding hydrogens is 364 g/mol. The van der Waals surface area contributed by atoms with E-state index in [0.29, 0.717) is 5.95 Å². The molecule has 0 aliphatic carbocycles. The van der Waals surface area contributed by atoms with Gasteiger partial charge in [-0.15, -0.1) is 5.10 Å². The number of ether oxygens (including phenoxy) is 1.